The van der Waals surface area contributed by atoms with E-state index in [1.165, 1.54) is 6.26 Å². The van der Waals surface area contributed by atoms with E-state index < -0.39 is 15.3 Å². The van der Waals surface area contributed by atoms with Crippen LogP contribution in [0.4, 0.5) is 0 Å². The van der Waals surface area contributed by atoms with Gasteiger partial charge in [-0.3, -0.25) is 4.79 Å². The van der Waals surface area contributed by atoms with Gasteiger partial charge in [0, 0.05) is 12.8 Å². The molecule has 1 unspecified atom stereocenters. The van der Waals surface area contributed by atoms with Crippen molar-refractivity contribution in [3.05, 3.63) is 29.8 Å². The minimum absolute atomic E-state index is 0. The summed E-state index contributed by atoms with van der Waals surface area (Å²) >= 11 is 0. The number of hydrogen-bond acceptors (Lipinski definition) is 4. The zero-order valence-electron chi connectivity index (χ0n) is 14.1. The second kappa shape index (κ2) is 8.66. The average Bonchev–Trinajstić information content (AvgIpc) is 2.49. The summed E-state index contributed by atoms with van der Waals surface area (Å²) in [7, 11) is -3.21. The summed E-state index contributed by atoms with van der Waals surface area (Å²) in [5.41, 5.74) is 6.10. The molecule has 0 aliphatic heterocycles. The van der Waals surface area contributed by atoms with Crippen molar-refractivity contribution in [1.82, 2.24) is 5.32 Å². The summed E-state index contributed by atoms with van der Waals surface area (Å²) in [5.74, 6) is -0.0558. The van der Waals surface area contributed by atoms with E-state index in [2.05, 4.69) is 5.32 Å². The van der Waals surface area contributed by atoms with Gasteiger partial charge in [-0.15, -0.1) is 12.4 Å². The monoisotopic (exact) mass is 362 g/mol. The zero-order valence-corrected chi connectivity index (χ0v) is 15.8. The van der Waals surface area contributed by atoms with Gasteiger partial charge in [-0.1, -0.05) is 26.0 Å². The Kier molecular flexibility index (Phi) is 8.24. The first-order chi connectivity index (χ1) is 10.2. The molecule has 3 N–H and O–H groups in total. The Morgan fingerprint density at radius 1 is 1.22 bits per heavy atom. The maximum absolute atomic E-state index is 12.5. The van der Waals surface area contributed by atoms with Gasteiger partial charge in [-0.05, 0) is 37.5 Å². The van der Waals surface area contributed by atoms with Crippen LogP contribution in [-0.2, 0) is 14.6 Å². The Hall–Kier alpha value is -1.11. The Bertz CT molecular complexity index is 602. The molecule has 0 spiro atoms. The third-order valence-corrected chi connectivity index (χ3v) is 5.51. The molecule has 0 aliphatic carbocycles. The second-order valence-electron chi connectivity index (χ2n) is 5.73. The van der Waals surface area contributed by atoms with Crippen LogP contribution in [0.2, 0.25) is 0 Å². The first-order valence-corrected chi connectivity index (χ1v) is 9.40. The number of benzene rings is 1. The largest absolute Gasteiger partial charge is 0.349 e. The zero-order chi connectivity index (χ0) is 17.0. The van der Waals surface area contributed by atoms with Crippen molar-refractivity contribution in [3.63, 3.8) is 0 Å². The Labute approximate surface area is 145 Å². The van der Waals surface area contributed by atoms with Crippen LogP contribution in [-0.4, -0.2) is 27.1 Å². The Morgan fingerprint density at radius 2 is 1.70 bits per heavy atom. The molecule has 1 aromatic carbocycles. The van der Waals surface area contributed by atoms with Gasteiger partial charge in [0.05, 0.1) is 16.4 Å². The number of nitrogens with one attached hydrogen (secondary N) is 1. The highest BCUT2D eigenvalue weighted by atomic mass is 35.5. The van der Waals surface area contributed by atoms with E-state index in [1.54, 1.807) is 24.3 Å². The van der Waals surface area contributed by atoms with Crippen molar-refractivity contribution < 1.29 is 13.2 Å². The molecule has 0 saturated heterocycles. The quantitative estimate of drug-likeness (QED) is 0.779. The van der Waals surface area contributed by atoms with Crippen molar-refractivity contribution in [1.29, 1.82) is 0 Å². The van der Waals surface area contributed by atoms with Crippen LogP contribution in [0.3, 0.4) is 0 Å². The van der Waals surface area contributed by atoms with Crippen molar-refractivity contribution in [3.8, 4) is 0 Å². The number of carbonyl (C=O) groups excluding carboxylic acids is 1. The fourth-order valence-corrected chi connectivity index (χ4v) is 3.02. The molecule has 0 aliphatic rings. The highest BCUT2D eigenvalue weighted by Crippen LogP contribution is 2.26. The third kappa shape index (κ3) is 5.19. The number of amides is 1. The molecule has 5 nitrogen and oxygen atoms in total. The van der Waals surface area contributed by atoms with Crippen molar-refractivity contribution in [2.45, 2.75) is 44.6 Å². The van der Waals surface area contributed by atoms with E-state index in [9.17, 15) is 13.2 Å². The van der Waals surface area contributed by atoms with Crippen molar-refractivity contribution >= 4 is 28.2 Å². The molecular formula is C16H27ClN2O3S. The van der Waals surface area contributed by atoms with Gasteiger partial charge < -0.3 is 11.1 Å². The SMILES string of the molecule is CCC(CC)(CN)C(=O)NC(C)c1ccc(S(C)(=O)=O)cc1.Cl. The van der Waals surface area contributed by atoms with E-state index >= 15 is 0 Å². The Balaban J connectivity index is 0.00000484. The summed E-state index contributed by atoms with van der Waals surface area (Å²) in [6.07, 6.45) is 2.54. The number of halogens is 1. The summed E-state index contributed by atoms with van der Waals surface area (Å²) in [6, 6.07) is 6.36. The van der Waals surface area contributed by atoms with Crippen molar-refractivity contribution in [2.75, 3.05) is 12.8 Å². The normalized spacial score (nSPS) is 13.1. The standard InChI is InChI=1S/C16H26N2O3S.ClH/c1-5-16(6-2,11-17)15(19)18-12(3)13-7-9-14(10-8-13)22(4,20)21;/h7-10,12H,5-6,11,17H2,1-4H3,(H,18,19);1H. The highest BCUT2D eigenvalue weighted by Gasteiger charge is 2.34. The summed E-state index contributed by atoms with van der Waals surface area (Å²) < 4.78 is 22.9. The van der Waals surface area contributed by atoms with E-state index in [-0.39, 0.29) is 29.3 Å². The molecule has 1 amide bonds. The smallest absolute Gasteiger partial charge is 0.227 e. The number of rotatable bonds is 7. The third-order valence-electron chi connectivity index (χ3n) is 4.38. The van der Waals surface area contributed by atoms with Gasteiger partial charge >= 0.3 is 0 Å². The molecule has 0 bridgehead atoms. The lowest BCUT2D eigenvalue weighted by molar-refractivity contribution is -0.131. The molecule has 0 aromatic heterocycles. The lowest BCUT2D eigenvalue weighted by atomic mass is 9.81. The van der Waals surface area contributed by atoms with Gasteiger partial charge in [0.25, 0.3) is 0 Å². The molecule has 1 aromatic rings. The first-order valence-electron chi connectivity index (χ1n) is 7.51. The van der Waals surface area contributed by atoms with Crippen LogP contribution in [0.25, 0.3) is 0 Å². The van der Waals surface area contributed by atoms with Crippen LogP contribution in [0.15, 0.2) is 29.2 Å². The number of sulfone groups is 1. The van der Waals surface area contributed by atoms with E-state index in [1.807, 2.05) is 20.8 Å². The average molecular weight is 363 g/mol. The van der Waals surface area contributed by atoms with E-state index in [0.29, 0.717) is 19.4 Å². The maximum Gasteiger partial charge on any atom is 0.227 e. The molecule has 0 heterocycles. The molecular weight excluding hydrogens is 336 g/mol. The number of hydrogen-bond donors (Lipinski definition) is 2. The lowest BCUT2D eigenvalue weighted by Gasteiger charge is -2.30. The first kappa shape index (κ1) is 21.9. The molecule has 7 heteroatoms. The maximum atomic E-state index is 12.5. The minimum atomic E-state index is -3.21. The van der Waals surface area contributed by atoms with Crippen LogP contribution >= 0.6 is 12.4 Å². The van der Waals surface area contributed by atoms with E-state index in [4.69, 9.17) is 5.73 Å². The fourth-order valence-electron chi connectivity index (χ4n) is 2.39. The summed E-state index contributed by atoms with van der Waals surface area (Å²) in [5, 5.41) is 2.98. The molecule has 132 valence electrons. The molecule has 1 rings (SSSR count). The molecule has 0 saturated carbocycles. The van der Waals surface area contributed by atoms with Gasteiger partial charge in [-0.2, -0.15) is 0 Å². The Morgan fingerprint density at radius 3 is 2.04 bits per heavy atom. The van der Waals surface area contributed by atoms with Crippen LogP contribution in [0.5, 0.6) is 0 Å². The lowest BCUT2D eigenvalue weighted by Crippen LogP contribution is -2.46. The predicted octanol–water partition coefficient (Wildman–Crippen LogP) is 2.45. The van der Waals surface area contributed by atoms with Crippen LogP contribution in [0, 0.1) is 5.41 Å². The van der Waals surface area contributed by atoms with Gasteiger partial charge in [0.1, 0.15) is 0 Å². The van der Waals surface area contributed by atoms with Gasteiger partial charge in [0.2, 0.25) is 5.91 Å². The number of carbonyl (C=O) groups is 1. The fraction of sp³-hybridized carbons (Fsp3) is 0.562. The highest BCUT2D eigenvalue weighted by molar-refractivity contribution is 7.90. The van der Waals surface area contributed by atoms with Crippen LogP contribution in [0.1, 0.15) is 45.2 Å². The predicted molar refractivity (Wildman–Crippen MR) is 95.4 cm³/mol. The van der Waals surface area contributed by atoms with Crippen molar-refractivity contribution in [2.24, 2.45) is 11.1 Å². The molecule has 0 radical (unpaired) electrons. The summed E-state index contributed by atoms with van der Waals surface area (Å²) in [6.45, 7) is 6.11. The van der Waals surface area contributed by atoms with Crippen LogP contribution < -0.4 is 11.1 Å². The minimum Gasteiger partial charge on any atom is -0.349 e. The van der Waals surface area contributed by atoms with Gasteiger partial charge in [0.15, 0.2) is 9.84 Å². The number of nitrogens with two attached hydrogens (primary N) is 1. The van der Waals surface area contributed by atoms with Gasteiger partial charge in [-0.25, -0.2) is 8.42 Å². The topological polar surface area (TPSA) is 89.3 Å². The summed E-state index contributed by atoms with van der Waals surface area (Å²) in [4.78, 5) is 12.8. The molecule has 0 fully saturated rings. The van der Waals surface area contributed by atoms with E-state index in [0.717, 1.165) is 5.56 Å². The second-order valence-corrected chi connectivity index (χ2v) is 7.74. The molecule has 1 atom stereocenters. The molecule has 23 heavy (non-hydrogen) atoms.